The lowest BCUT2D eigenvalue weighted by Crippen LogP contribution is -2.43. The summed E-state index contributed by atoms with van der Waals surface area (Å²) >= 11 is 0. The van der Waals surface area contributed by atoms with Gasteiger partial charge in [-0.1, -0.05) is 0 Å². The van der Waals surface area contributed by atoms with E-state index in [0.29, 0.717) is 48.4 Å². The van der Waals surface area contributed by atoms with Crippen molar-refractivity contribution in [3.8, 4) is 28.5 Å². The van der Waals surface area contributed by atoms with Crippen LogP contribution in [0.5, 0.6) is 17.2 Å². The fourth-order valence-corrected chi connectivity index (χ4v) is 5.45. The number of ether oxygens (including phenoxy) is 3. The number of amides is 2. The molecule has 1 fully saturated rings. The maximum absolute atomic E-state index is 12.6. The summed E-state index contributed by atoms with van der Waals surface area (Å²) in [5.41, 5.74) is 10.3. The molecule has 1 unspecified atom stereocenters. The summed E-state index contributed by atoms with van der Waals surface area (Å²) in [5, 5.41) is 0. The fraction of sp³-hybridized carbons (Fsp3) is 0.433. The van der Waals surface area contributed by atoms with Gasteiger partial charge in [0.05, 0.1) is 7.11 Å². The van der Waals surface area contributed by atoms with Crippen molar-refractivity contribution in [1.29, 1.82) is 0 Å². The number of hydrogen-bond acceptors (Lipinski definition) is 7. The second-order valence-electron chi connectivity index (χ2n) is 11.3. The molecule has 2 amide bonds. The Kier molecular flexibility index (Phi) is 7.60. The topological polar surface area (TPSA) is 121 Å². The van der Waals surface area contributed by atoms with Crippen LogP contribution < -0.4 is 20.6 Å². The van der Waals surface area contributed by atoms with E-state index in [1.165, 1.54) is 0 Å². The Morgan fingerprint density at radius 1 is 0.950 bits per heavy atom. The predicted molar refractivity (Wildman–Crippen MR) is 151 cm³/mol. The number of nitrogens with one attached hydrogen (secondary N) is 1. The molecule has 3 N–H and O–H groups in total. The van der Waals surface area contributed by atoms with Gasteiger partial charge in [-0.15, -0.1) is 0 Å². The largest absolute Gasteiger partial charge is 0.497 e. The minimum absolute atomic E-state index is 0.145. The highest BCUT2D eigenvalue weighted by Crippen LogP contribution is 2.39. The average molecular weight is 548 g/mol. The first-order chi connectivity index (χ1) is 19.1. The molecule has 0 spiro atoms. The Hall–Kier alpha value is -4.21. The molecule has 2 aliphatic rings. The van der Waals surface area contributed by atoms with Gasteiger partial charge in [0.15, 0.2) is 5.69 Å². The van der Waals surface area contributed by atoms with Crippen molar-refractivity contribution < 1.29 is 23.8 Å². The summed E-state index contributed by atoms with van der Waals surface area (Å²) in [6.07, 6.45) is 2.31. The van der Waals surface area contributed by atoms with Crippen molar-refractivity contribution in [3.05, 3.63) is 60.0 Å². The molecule has 0 bridgehead atoms. The maximum atomic E-state index is 12.6. The quantitative estimate of drug-likeness (QED) is 0.439. The van der Waals surface area contributed by atoms with Crippen LogP contribution >= 0.6 is 0 Å². The number of aromatic nitrogens is 2. The molecule has 0 saturated carbocycles. The normalized spacial score (nSPS) is 17.5. The van der Waals surface area contributed by atoms with Crippen molar-refractivity contribution in [2.45, 2.75) is 51.6 Å². The summed E-state index contributed by atoms with van der Waals surface area (Å²) < 4.78 is 18.5. The van der Waals surface area contributed by atoms with Gasteiger partial charge in [0.25, 0.3) is 5.91 Å². The maximum Gasteiger partial charge on any atom is 0.410 e. The van der Waals surface area contributed by atoms with E-state index in [4.69, 9.17) is 24.9 Å². The van der Waals surface area contributed by atoms with Crippen LogP contribution in [-0.2, 0) is 4.74 Å². The molecule has 2 aromatic carbocycles. The zero-order valence-corrected chi connectivity index (χ0v) is 23.5. The molecule has 3 aromatic rings. The molecular weight excluding hydrogens is 510 g/mol. The predicted octanol–water partition coefficient (Wildman–Crippen LogP) is 5.13. The van der Waals surface area contributed by atoms with Crippen LogP contribution in [0, 0.1) is 5.92 Å². The van der Waals surface area contributed by atoms with Crippen molar-refractivity contribution in [3.63, 3.8) is 0 Å². The number of imidazole rings is 1. The van der Waals surface area contributed by atoms with Crippen LogP contribution in [0.2, 0.25) is 0 Å². The Morgan fingerprint density at radius 3 is 2.12 bits per heavy atom. The van der Waals surface area contributed by atoms with Gasteiger partial charge in [-0.3, -0.25) is 4.79 Å². The van der Waals surface area contributed by atoms with Gasteiger partial charge in [0, 0.05) is 31.1 Å². The van der Waals surface area contributed by atoms with Crippen LogP contribution in [-0.4, -0.2) is 58.9 Å². The summed E-state index contributed by atoms with van der Waals surface area (Å²) in [4.78, 5) is 31.9. The van der Waals surface area contributed by atoms with Crippen molar-refractivity contribution >= 4 is 12.0 Å². The number of benzene rings is 2. The summed E-state index contributed by atoms with van der Waals surface area (Å²) in [5.74, 6) is 2.85. The van der Waals surface area contributed by atoms with Gasteiger partial charge < -0.3 is 30.3 Å². The summed E-state index contributed by atoms with van der Waals surface area (Å²) in [6.45, 7) is 7.60. The number of nitrogens with two attached hydrogens (primary N) is 1. The highest BCUT2D eigenvalue weighted by atomic mass is 16.6. The lowest BCUT2D eigenvalue weighted by Gasteiger charge is -2.38. The van der Waals surface area contributed by atoms with Gasteiger partial charge in [-0.2, -0.15) is 0 Å². The number of likely N-dealkylation sites (tertiary alicyclic amines) is 1. The van der Waals surface area contributed by atoms with E-state index in [0.717, 1.165) is 36.4 Å². The first-order valence-electron chi connectivity index (χ1n) is 13.7. The minimum atomic E-state index is -0.541. The highest BCUT2D eigenvalue weighted by molar-refractivity contribution is 5.97. The molecular formula is C30H37N5O5. The zero-order valence-electron chi connectivity index (χ0n) is 23.5. The lowest BCUT2D eigenvalue weighted by atomic mass is 9.81. The molecule has 212 valence electrons. The number of fused-ring (bicyclic) bond motifs is 1. The fourth-order valence-electron chi connectivity index (χ4n) is 5.45. The Labute approximate surface area is 234 Å². The van der Waals surface area contributed by atoms with Crippen LogP contribution in [0.3, 0.4) is 0 Å². The number of methoxy groups -OCH3 is 1. The second-order valence-corrected chi connectivity index (χ2v) is 11.3. The van der Waals surface area contributed by atoms with Crippen LogP contribution in [0.25, 0.3) is 11.3 Å². The number of primary amides is 1. The summed E-state index contributed by atoms with van der Waals surface area (Å²) in [6, 6.07) is 14.8. The molecule has 10 heteroatoms. The molecule has 1 atom stereocenters. The van der Waals surface area contributed by atoms with Gasteiger partial charge in [0.2, 0.25) is 0 Å². The third kappa shape index (κ3) is 5.85. The number of piperidine rings is 1. The van der Waals surface area contributed by atoms with Gasteiger partial charge in [-0.05, 0) is 94.5 Å². The Morgan fingerprint density at radius 2 is 1.55 bits per heavy atom. The van der Waals surface area contributed by atoms with E-state index < -0.39 is 11.5 Å². The number of nitrogens with zero attached hydrogens (tertiary/aromatic N) is 3. The third-order valence-electron chi connectivity index (χ3n) is 7.38. The van der Waals surface area contributed by atoms with E-state index in [1.54, 1.807) is 16.7 Å². The Bertz CT molecular complexity index is 1350. The third-order valence-corrected chi connectivity index (χ3v) is 7.38. The molecule has 40 heavy (non-hydrogen) atoms. The van der Waals surface area contributed by atoms with E-state index in [9.17, 15) is 9.59 Å². The van der Waals surface area contributed by atoms with E-state index in [-0.39, 0.29) is 12.0 Å². The SMILES string of the molecule is COc1ccc(Oc2ccc(-c3nc4n(c3C(N)=O)NCCC4C3CCN(C(=O)OC(C)(C)C)CC3)cc2)cc1. The molecule has 0 aliphatic carbocycles. The van der Waals surface area contributed by atoms with Crippen LogP contribution in [0.4, 0.5) is 4.79 Å². The van der Waals surface area contributed by atoms with Gasteiger partial charge in [0.1, 0.15) is 34.4 Å². The number of rotatable bonds is 6. The molecule has 3 heterocycles. The first-order valence-corrected chi connectivity index (χ1v) is 13.7. The van der Waals surface area contributed by atoms with E-state index in [1.807, 2.05) is 69.3 Å². The first kappa shape index (κ1) is 27.4. The molecule has 2 aliphatic heterocycles. The molecule has 1 aromatic heterocycles. The number of carbonyl (C=O) groups excluding carboxylic acids is 2. The second kappa shape index (κ2) is 11.1. The van der Waals surface area contributed by atoms with Crippen LogP contribution in [0.15, 0.2) is 48.5 Å². The van der Waals surface area contributed by atoms with Crippen molar-refractivity contribution in [2.75, 3.05) is 32.2 Å². The zero-order chi connectivity index (χ0) is 28.4. The number of carbonyl (C=O) groups is 2. The molecule has 1 saturated heterocycles. The van der Waals surface area contributed by atoms with Gasteiger partial charge >= 0.3 is 6.09 Å². The smallest absolute Gasteiger partial charge is 0.410 e. The molecule has 5 rings (SSSR count). The minimum Gasteiger partial charge on any atom is -0.497 e. The standard InChI is InChI=1S/C30H37N5O5/c1-30(2,3)40-29(37)34-17-14-19(15-18-34)24-13-16-32-35-26(27(31)36)25(33-28(24)35)20-5-7-22(8-6-20)39-23-11-9-21(38-4)10-12-23/h5-12,19,24,32H,13-18H2,1-4H3,(H2,31,36). The monoisotopic (exact) mass is 547 g/mol. The van der Waals surface area contributed by atoms with Crippen LogP contribution in [0.1, 0.15) is 62.3 Å². The van der Waals surface area contributed by atoms with Crippen molar-refractivity contribution in [1.82, 2.24) is 14.6 Å². The molecule has 0 radical (unpaired) electrons. The Balaban J connectivity index is 1.34. The van der Waals surface area contributed by atoms with E-state index >= 15 is 0 Å². The lowest BCUT2D eigenvalue weighted by molar-refractivity contribution is 0.0170. The van der Waals surface area contributed by atoms with Crippen molar-refractivity contribution in [2.24, 2.45) is 11.7 Å². The summed E-state index contributed by atoms with van der Waals surface area (Å²) in [7, 11) is 1.62. The average Bonchev–Trinajstić information content (AvgIpc) is 3.33. The van der Waals surface area contributed by atoms with E-state index in [2.05, 4.69) is 5.43 Å². The highest BCUT2D eigenvalue weighted by Gasteiger charge is 2.37. The number of hydrogen-bond donors (Lipinski definition) is 2. The molecule has 10 nitrogen and oxygen atoms in total. The van der Waals surface area contributed by atoms with Gasteiger partial charge in [-0.25, -0.2) is 14.5 Å².